The summed E-state index contributed by atoms with van der Waals surface area (Å²) in [6.07, 6.45) is 3.58. The molecule has 35 heavy (non-hydrogen) atoms. The minimum Gasteiger partial charge on any atom is -0.496 e. The molecule has 0 radical (unpaired) electrons. The minimum absolute atomic E-state index is 0.0277. The van der Waals surface area contributed by atoms with Crippen LogP contribution in [-0.2, 0) is 27.4 Å². The van der Waals surface area contributed by atoms with Crippen LogP contribution in [-0.4, -0.2) is 48.4 Å². The number of nitrogens with zero attached hydrogens (tertiary/aromatic N) is 2. The molecule has 1 fully saturated rings. The first-order valence-electron chi connectivity index (χ1n) is 11.7. The number of anilines is 2. The molecule has 0 bridgehead atoms. The van der Waals surface area contributed by atoms with E-state index in [9.17, 15) is 9.59 Å². The molecule has 2 aromatic heterocycles. The monoisotopic (exact) mass is 480 g/mol. The fourth-order valence-corrected chi connectivity index (χ4v) is 4.56. The summed E-state index contributed by atoms with van der Waals surface area (Å²) in [5.41, 5.74) is 5.40. The number of nitrogens with one attached hydrogen (secondary N) is 2. The predicted octanol–water partition coefficient (Wildman–Crippen LogP) is 4.20. The standard InChI is InChI=1S/C26H32N4O5/c1-15-16(2)22(33-4)9-8-18(15)12-27-19-11-21-23(29-17(3)31)24(26(32)34-5)30(25(21)28-13-19)14-20-7-6-10-35-20/h8-9,11,13,20,27H,6-7,10,12,14H2,1-5H3,(H,29,31). The van der Waals surface area contributed by atoms with Gasteiger partial charge in [-0.3, -0.25) is 4.79 Å². The second-order valence-electron chi connectivity index (χ2n) is 8.77. The molecule has 4 rings (SSSR count). The Kier molecular flexibility index (Phi) is 7.25. The highest BCUT2D eigenvalue weighted by Crippen LogP contribution is 2.34. The molecular weight excluding hydrogens is 448 g/mol. The average molecular weight is 481 g/mol. The van der Waals surface area contributed by atoms with Gasteiger partial charge in [-0.15, -0.1) is 0 Å². The van der Waals surface area contributed by atoms with E-state index in [1.54, 1.807) is 17.9 Å². The van der Waals surface area contributed by atoms with Gasteiger partial charge in [-0.2, -0.15) is 0 Å². The third kappa shape index (κ3) is 4.95. The van der Waals surface area contributed by atoms with Crippen molar-refractivity contribution in [1.29, 1.82) is 0 Å². The lowest BCUT2D eigenvalue weighted by atomic mass is 10.0. The Morgan fingerprint density at radius 2 is 2.03 bits per heavy atom. The van der Waals surface area contributed by atoms with Crippen LogP contribution in [0.25, 0.3) is 11.0 Å². The van der Waals surface area contributed by atoms with Crippen molar-refractivity contribution in [2.75, 3.05) is 31.5 Å². The largest absolute Gasteiger partial charge is 0.496 e. The van der Waals surface area contributed by atoms with E-state index in [1.165, 1.54) is 14.0 Å². The number of carbonyl (C=O) groups excluding carboxylic acids is 2. The van der Waals surface area contributed by atoms with Crippen molar-refractivity contribution in [2.45, 2.75) is 52.8 Å². The molecule has 0 spiro atoms. The quantitative estimate of drug-likeness (QED) is 0.466. The smallest absolute Gasteiger partial charge is 0.356 e. The second-order valence-corrected chi connectivity index (χ2v) is 8.77. The van der Waals surface area contributed by atoms with Crippen molar-refractivity contribution >= 4 is 34.3 Å². The summed E-state index contributed by atoms with van der Waals surface area (Å²) in [7, 11) is 2.99. The maximum atomic E-state index is 12.8. The summed E-state index contributed by atoms with van der Waals surface area (Å²) in [6.45, 7) is 7.25. The predicted molar refractivity (Wildman–Crippen MR) is 134 cm³/mol. The first kappa shape index (κ1) is 24.5. The van der Waals surface area contributed by atoms with Crippen LogP contribution in [0, 0.1) is 13.8 Å². The van der Waals surface area contributed by atoms with Crippen LogP contribution in [0.5, 0.6) is 5.75 Å². The van der Waals surface area contributed by atoms with Gasteiger partial charge in [0.1, 0.15) is 11.4 Å². The lowest BCUT2D eigenvalue weighted by Gasteiger charge is -2.15. The van der Waals surface area contributed by atoms with Gasteiger partial charge in [0.15, 0.2) is 5.69 Å². The molecule has 1 unspecified atom stereocenters. The Balaban J connectivity index is 1.73. The molecule has 2 N–H and O–H groups in total. The van der Waals surface area contributed by atoms with E-state index in [-0.39, 0.29) is 17.7 Å². The Labute approximate surface area is 204 Å². The fourth-order valence-electron chi connectivity index (χ4n) is 4.56. The van der Waals surface area contributed by atoms with Crippen molar-refractivity contribution in [3.63, 3.8) is 0 Å². The van der Waals surface area contributed by atoms with E-state index in [0.717, 1.165) is 41.0 Å². The van der Waals surface area contributed by atoms with Gasteiger partial charge in [0.25, 0.3) is 0 Å². The number of rotatable bonds is 8. The molecule has 9 heteroatoms. The van der Waals surface area contributed by atoms with Gasteiger partial charge < -0.3 is 29.4 Å². The number of benzene rings is 1. The van der Waals surface area contributed by atoms with Crippen LogP contribution in [0.3, 0.4) is 0 Å². The number of pyridine rings is 1. The number of carbonyl (C=O) groups is 2. The zero-order valence-electron chi connectivity index (χ0n) is 20.9. The average Bonchev–Trinajstić information content (AvgIpc) is 3.46. The number of fused-ring (bicyclic) bond motifs is 1. The van der Waals surface area contributed by atoms with E-state index < -0.39 is 5.97 Å². The number of ether oxygens (including phenoxy) is 3. The normalized spacial score (nSPS) is 15.3. The lowest BCUT2D eigenvalue weighted by molar-refractivity contribution is -0.114. The second kappa shape index (κ2) is 10.4. The van der Waals surface area contributed by atoms with E-state index in [0.29, 0.717) is 36.4 Å². The minimum atomic E-state index is -0.538. The number of aromatic nitrogens is 2. The Hall–Kier alpha value is -3.59. The van der Waals surface area contributed by atoms with Crippen LogP contribution in [0.4, 0.5) is 11.4 Å². The van der Waals surface area contributed by atoms with Gasteiger partial charge in [0.05, 0.1) is 44.4 Å². The molecule has 1 saturated heterocycles. The van der Waals surface area contributed by atoms with Gasteiger partial charge in [0, 0.05) is 25.5 Å². The van der Waals surface area contributed by atoms with Gasteiger partial charge in [-0.25, -0.2) is 9.78 Å². The van der Waals surface area contributed by atoms with Crippen molar-refractivity contribution in [2.24, 2.45) is 0 Å². The Bertz CT molecular complexity index is 1260. The first-order chi connectivity index (χ1) is 16.8. The summed E-state index contributed by atoms with van der Waals surface area (Å²) >= 11 is 0. The molecule has 0 aliphatic carbocycles. The van der Waals surface area contributed by atoms with Gasteiger partial charge in [-0.05, 0) is 55.5 Å². The molecule has 1 aromatic carbocycles. The number of methoxy groups -OCH3 is 2. The van der Waals surface area contributed by atoms with Crippen LogP contribution < -0.4 is 15.4 Å². The summed E-state index contributed by atoms with van der Waals surface area (Å²) in [6, 6.07) is 5.90. The maximum absolute atomic E-state index is 12.8. The molecule has 3 heterocycles. The number of hydrogen-bond donors (Lipinski definition) is 2. The third-order valence-electron chi connectivity index (χ3n) is 6.54. The highest BCUT2D eigenvalue weighted by Gasteiger charge is 2.28. The SMILES string of the molecule is COC(=O)c1c(NC(C)=O)c2cc(NCc3ccc(OC)c(C)c3C)cnc2n1CC1CCCO1. The molecule has 186 valence electrons. The van der Waals surface area contributed by atoms with Gasteiger partial charge >= 0.3 is 5.97 Å². The molecule has 1 amide bonds. The van der Waals surface area contributed by atoms with Crippen LogP contribution >= 0.6 is 0 Å². The van der Waals surface area contributed by atoms with E-state index in [4.69, 9.17) is 14.2 Å². The number of amides is 1. The lowest BCUT2D eigenvalue weighted by Crippen LogP contribution is -2.21. The molecular formula is C26H32N4O5. The summed E-state index contributed by atoms with van der Waals surface area (Å²) in [5.74, 6) is 0.0369. The highest BCUT2D eigenvalue weighted by molar-refractivity contribution is 6.11. The third-order valence-corrected chi connectivity index (χ3v) is 6.54. The van der Waals surface area contributed by atoms with Crippen LogP contribution in [0.1, 0.15) is 46.9 Å². The van der Waals surface area contributed by atoms with Crippen molar-refractivity contribution in [3.05, 3.63) is 46.8 Å². The summed E-state index contributed by atoms with van der Waals surface area (Å²) < 4.78 is 18.1. The molecule has 1 aliphatic rings. The van der Waals surface area contributed by atoms with Gasteiger partial charge in [-0.1, -0.05) is 6.07 Å². The fraction of sp³-hybridized carbons (Fsp3) is 0.423. The van der Waals surface area contributed by atoms with E-state index in [1.807, 2.05) is 25.1 Å². The summed E-state index contributed by atoms with van der Waals surface area (Å²) in [5, 5.41) is 6.90. The number of hydrogen-bond acceptors (Lipinski definition) is 7. The Morgan fingerprint density at radius 1 is 1.23 bits per heavy atom. The highest BCUT2D eigenvalue weighted by atomic mass is 16.5. The van der Waals surface area contributed by atoms with E-state index in [2.05, 4.69) is 22.5 Å². The summed E-state index contributed by atoms with van der Waals surface area (Å²) in [4.78, 5) is 29.5. The zero-order valence-corrected chi connectivity index (χ0v) is 20.9. The van der Waals surface area contributed by atoms with Crippen LogP contribution in [0.15, 0.2) is 24.4 Å². The molecule has 9 nitrogen and oxygen atoms in total. The molecule has 0 saturated carbocycles. The molecule has 1 atom stereocenters. The molecule has 3 aromatic rings. The first-order valence-corrected chi connectivity index (χ1v) is 11.7. The van der Waals surface area contributed by atoms with Crippen molar-refractivity contribution in [1.82, 2.24) is 9.55 Å². The maximum Gasteiger partial charge on any atom is 0.356 e. The zero-order chi connectivity index (χ0) is 25.1. The van der Waals surface area contributed by atoms with Crippen molar-refractivity contribution < 1.29 is 23.8 Å². The van der Waals surface area contributed by atoms with Crippen molar-refractivity contribution in [3.8, 4) is 5.75 Å². The Morgan fingerprint density at radius 3 is 2.69 bits per heavy atom. The van der Waals surface area contributed by atoms with Gasteiger partial charge in [0.2, 0.25) is 5.91 Å². The van der Waals surface area contributed by atoms with Crippen LogP contribution in [0.2, 0.25) is 0 Å². The molecule has 1 aliphatic heterocycles. The number of esters is 1. The van der Waals surface area contributed by atoms with E-state index >= 15 is 0 Å². The topological polar surface area (TPSA) is 104 Å².